The maximum Gasteiger partial charge on any atom is 0.178 e. The van der Waals surface area contributed by atoms with Gasteiger partial charge < -0.3 is 5.73 Å². The number of rotatable bonds is 2. The summed E-state index contributed by atoms with van der Waals surface area (Å²) in [5, 5.41) is 3.91. The smallest absolute Gasteiger partial charge is 0.178 e. The van der Waals surface area contributed by atoms with Gasteiger partial charge in [-0.2, -0.15) is 5.10 Å². The minimum atomic E-state index is -3.82. The average molecular weight is 287 g/mol. The lowest BCUT2D eigenvalue weighted by atomic mass is 10.1. The number of hydrogen-bond donors (Lipinski definition) is 1. The summed E-state index contributed by atoms with van der Waals surface area (Å²) in [6.45, 7) is 0. The molecule has 1 aromatic heterocycles. The van der Waals surface area contributed by atoms with Crippen molar-refractivity contribution in [3.63, 3.8) is 0 Å². The van der Waals surface area contributed by atoms with E-state index in [0.29, 0.717) is 0 Å². The van der Waals surface area contributed by atoms with Crippen LogP contribution in [0, 0.1) is 11.6 Å². The van der Waals surface area contributed by atoms with Crippen LogP contribution in [0.4, 0.5) is 14.6 Å². The highest BCUT2D eigenvalue weighted by Crippen LogP contribution is 2.28. The van der Waals surface area contributed by atoms with E-state index in [1.54, 1.807) is 7.05 Å². The summed E-state index contributed by atoms with van der Waals surface area (Å²) in [5.74, 6) is -2.40. The van der Waals surface area contributed by atoms with Crippen LogP contribution in [0.2, 0.25) is 0 Å². The molecule has 2 N–H and O–H groups in total. The molecule has 0 amide bonds. The monoisotopic (exact) mass is 287 g/mol. The SMILES string of the molecule is Cn1nc(-c2ccc(S(C)(=O)=O)c(F)c2F)cc1N. The molecule has 1 heterocycles. The molecule has 102 valence electrons. The van der Waals surface area contributed by atoms with Gasteiger partial charge in [0.25, 0.3) is 0 Å². The summed E-state index contributed by atoms with van der Waals surface area (Å²) in [6.07, 6.45) is 0.809. The van der Waals surface area contributed by atoms with Crippen LogP contribution < -0.4 is 5.73 Å². The lowest BCUT2D eigenvalue weighted by Crippen LogP contribution is -2.04. The van der Waals surface area contributed by atoms with Crippen molar-refractivity contribution in [1.29, 1.82) is 0 Å². The van der Waals surface area contributed by atoms with E-state index in [2.05, 4.69) is 5.10 Å². The van der Waals surface area contributed by atoms with E-state index in [1.807, 2.05) is 0 Å². The lowest BCUT2D eigenvalue weighted by Gasteiger charge is -2.05. The number of aromatic nitrogens is 2. The Labute approximate surface area is 108 Å². The second-order valence-electron chi connectivity index (χ2n) is 4.09. The predicted octanol–water partition coefficient (Wildman–Crippen LogP) is 1.35. The number of aryl methyl sites for hydroxylation is 1. The summed E-state index contributed by atoms with van der Waals surface area (Å²) in [7, 11) is -2.27. The Kier molecular flexibility index (Phi) is 3.05. The van der Waals surface area contributed by atoms with Gasteiger partial charge in [-0.15, -0.1) is 0 Å². The van der Waals surface area contributed by atoms with Crippen LogP contribution in [0.5, 0.6) is 0 Å². The van der Waals surface area contributed by atoms with Crippen molar-refractivity contribution < 1.29 is 17.2 Å². The molecule has 0 fully saturated rings. The summed E-state index contributed by atoms with van der Waals surface area (Å²) in [6, 6.07) is 3.54. The van der Waals surface area contributed by atoms with E-state index >= 15 is 0 Å². The number of hydrogen-bond acceptors (Lipinski definition) is 4. The standard InChI is InChI=1S/C11H11F2N3O2S/c1-16-9(14)5-7(15-16)6-3-4-8(19(2,17)18)11(13)10(6)12/h3-5H,14H2,1-2H3. The molecular formula is C11H11F2N3O2S. The molecular weight excluding hydrogens is 276 g/mol. The number of nitrogens with two attached hydrogens (primary N) is 1. The van der Waals surface area contributed by atoms with E-state index in [1.165, 1.54) is 10.7 Å². The maximum atomic E-state index is 13.9. The Bertz CT molecular complexity index is 734. The van der Waals surface area contributed by atoms with Crippen molar-refractivity contribution in [2.45, 2.75) is 4.90 Å². The van der Waals surface area contributed by atoms with Gasteiger partial charge in [0, 0.05) is 24.9 Å². The molecule has 0 aliphatic rings. The molecule has 0 radical (unpaired) electrons. The molecule has 0 saturated heterocycles. The molecule has 1 aromatic carbocycles. The Morgan fingerprint density at radius 1 is 1.26 bits per heavy atom. The fourth-order valence-electron chi connectivity index (χ4n) is 1.63. The highest BCUT2D eigenvalue weighted by molar-refractivity contribution is 7.90. The van der Waals surface area contributed by atoms with Crippen molar-refractivity contribution in [2.24, 2.45) is 7.05 Å². The van der Waals surface area contributed by atoms with Gasteiger partial charge in [-0.25, -0.2) is 17.2 Å². The van der Waals surface area contributed by atoms with Gasteiger partial charge in [0.15, 0.2) is 21.5 Å². The van der Waals surface area contributed by atoms with Crippen molar-refractivity contribution in [3.05, 3.63) is 29.8 Å². The van der Waals surface area contributed by atoms with Gasteiger partial charge in [0.1, 0.15) is 10.7 Å². The molecule has 0 aliphatic carbocycles. The maximum absolute atomic E-state index is 13.9. The highest BCUT2D eigenvalue weighted by Gasteiger charge is 2.22. The van der Waals surface area contributed by atoms with Crippen LogP contribution in [0.15, 0.2) is 23.1 Å². The zero-order valence-corrected chi connectivity index (χ0v) is 11.0. The second-order valence-corrected chi connectivity index (χ2v) is 6.07. The number of nitrogens with zero attached hydrogens (tertiary/aromatic N) is 2. The van der Waals surface area contributed by atoms with Crippen LogP contribution in [0.25, 0.3) is 11.3 Å². The fourth-order valence-corrected chi connectivity index (χ4v) is 2.36. The average Bonchev–Trinajstić information content (AvgIpc) is 2.61. The Hall–Kier alpha value is -1.96. The van der Waals surface area contributed by atoms with Gasteiger partial charge in [0.2, 0.25) is 0 Å². The summed E-state index contributed by atoms with van der Waals surface area (Å²) >= 11 is 0. The minimum Gasteiger partial charge on any atom is -0.384 e. The van der Waals surface area contributed by atoms with Crippen molar-refractivity contribution >= 4 is 15.7 Å². The van der Waals surface area contributed by atoms with Crippen LogP contribution in [-0.4, -0.2) is 24.5 Å². The third-order valence-corrected chi connectivity index (χ3v) is 3.75. The third kappa shape index (κ3) is 2.30. The first-order valence-corrected chi connectivity index (χ1v) is 7.09. The van der Waals surface area contributed by atoms with Gasteiger partial charge in [-0.1, -0.05) is 0 Å². The van der Waals surface area contributed by atoms with Crippen molar-refractivity contribution in [3.8, 4) is 11.3 Å². The summed E-state index contributed by atoms with van der Waals surface area (Å²) in [4.78, 5) is -0.683. The number of benzene rings is 1. The first kappa shape index (κ1) is 13.5. The third-order valence-electron chi connectivity index (χ3n) is 2.64. The first-order valence-electron chi connectivity index (χ1n) is 5.19. The molecule has 0 spiro atoms. The number of nitrogen functional groups attached to an aromatic ring is 1. The molecule has 0 bridgehead atoms. The van der Waals surface area contributed by atoms with Crippen molar-refractivity contribution in [2.75, 3.05) is 12.0 Å². The van der Waals surface area contributed by atoms with E-state index in [0.717, 1.165) is 18.4 Å². The topological polar surface area (TPSA) is 78.0 Å². The van der Waals surface area contributed by atoms with E-state index in [4.69, 9.17) is 5.73 Å². The Morgan fingerprint density at radius 3 is 2.37 bits per heavy atom. The van der Waals surface area contributed by atoms with Crippen LogP contribution in [0.1, 0.15) is 0 Å². The normalized spacial score (nSPS) is 11.8. The van der Waals surface area contributed by atoms with E-state index in [-0.39, 0.29) is 17.1 Å². The molecule has 8 heteroatoms. The lowest BCUT2D eigenvalue weighted by molar-refractivity contribution is 0.487. The molecule has 0 unspecified atom stereocenters. The summed E-state index contributed by atoms with van der Waals surface area (Å²) < 4.78 is 51.5. The van der Waals surface area contributed by atoms with Gasteiger partial charge in [-0.05, 0) is 12.1 Å². The number of anilines is 1. The molecule has 0 aliphatic heterocycles. The van der Waals surface area contributed by atoms with Crippen LogP contribution in [-0.2, 0) is 16.9 Å². The quantitative estimate of drug-likeness (QED) is 0.904. The van der Waals surface area contributed by atoms with Gasteiger partial charge in [-0.3, -0.25) is 4.68 Å². The largest absolute Gasteiger partial charge is 0.384 e. The molecule has 2 aromatic rings. The molecule has 0 saturated carbocycles. The molecule has 2 rings (SSSR count). The van der Waals surface area contributed by atoms with Crippen molar-refractivity contribution in [1.82, 2.24) is 9.78 Å². The highest BCUT2D eigenvalue weighted by atomic mass is 32.2. The number of halogens is 2. The molecule has 5 nitrogen and oxygen atoms in total. The van der Waals surface area contributed by atoms with Gasteiger partial charge >= 0.3 is 0 Å². The van der Waals surface area contributed by atoms with Gasteiger partial charge in [0.05, 0.1) is 5.69 Å². The Morgan fingerprint density at radius 2 is 1.89 bits per heavy atom. The second kappa shape index (κ2) is 4.30. The van der Waals surface area contributed by atoms with E-state index in [9.17, 15) is 17.2 Å². The van der Waals surface area contributed by atoms with Crippen LogP contribution in [0.3, 0.4) is 0 Å². The molecule has 19 heavy (non-hydrogen) atoms. The summed E-state index contributed by atoms with van der Waals surface area (Å²) in [5.41, 5.74) is 5.55. The molecule has 0 atom stereocenters. The fraction of sp³-hybridized carbons (Fsp3) is 0.182. The van der Waals surface area contributed by atoms with Crippen LogP contribution >= 0.6 is 0 Å². The van der Waals surface area contributed by atoms with E-state index < -0.39 is 26.4 Å². The first-order chi connectivity index (χ1) is 8.71. The number of sulfone groups is 1. The zero-order chi connectivity index (χ0) is 14.4. The predicted molar refractivity (Wildman–Crippen MR) is 66.1 cm³/mol. The Balaban J connectivity index is 2.66. The zero-order valence-electron chi connectivity index (χ0n) is 10.2. The minimum absolute atomic E-state index is 0.136.